The lowest BCUT2D eigenvalue weighted by molar-refractivity contribution is 0.864. The zero-order valence-electron chi connectivity index (χ0n) is 10.9. The van der Waals surface area contributed by atoms with E-state index in [4.69, 9.17) is 0 Å². The molecule has 1 radical (unpaired) electrons. The second-order valence-corrected chi connectivity index (χ2v) is 5.76. The zero-order valence-corrected chi connectivity index (χ0v) is 12.5. The molecule has 0 fully saturated rings. The minimum absolute atomic E-state index is 0.522. The number of halogens is 1. The fourth-order valence-corrected chi connectivity index (χ4v) is 2.73. The molecule has 2 nitrogen and oxygen atoms in total. The summed E-state index contributed by atoms with van der Waals surface area (Å²) in [5.41, 5.74) is 4.42. The monoisotopic (exact) mass is 313 g/mol. The van der Waals surface area contributed by atoms with Crippen LogP contribution in [0.2, 0.25) is 0 Å². The van der Waals surface area contributed by atoms with Crippen molar-refractivity contribution in [2.75, 3.05) is 0 Å². The highest BCUT2D eigenvalue weighted by Crippen LogP contribution is 2.28. The topological polar surface area (TPSA) is 17.8 Å². The lowest BCUT2D eigenvalue weighted by atomic mass is 10.0. The first kappa shape index (κ1) is 12.4. The van der Waals surface area contributed by atoms with Gasteiger partial charge in [-0.2, -0.15) is 0 Å². The van der Waals surface area contributed by atoms with Gasteiger partial charge in [0.05, 0.1) is 16.7 Å². The summed E-state index contributed by atoms with van der Waals surface area (Å²) in [6.45, 7) is 4.39. The fourth-order valence-electron chi connectivity index (χ4n) is 2.15. The van der Waals surface area contributed by atoms with Crippen molar-refractivity contribution in [3.05, 3.63) is 58.8 Å². The van der Waals surface area contributed by atoms with E-state index in [0.717, 1.165) is 21.2 Å². The minimum atomic E-state index is 0.522. The molecule has 0 saturated heterocycles. The summed E-state index contributed by atoms with van der Waals surface area (Å²) in [4.78, 5) is 4.31. The first-order valence-corrected chi connectivity index (χ1v) is 7.11. The Balaban J connectivity index is 2.17. The Morgan fingerprint density at radius 1 is 1.16 bits per heavy atom. The minimum Gasteiger partial charge on any atom is -0.289 e. The molecule has 0 spiro atoms. The van der Waals surface area contributed by atoms with Crippen LogP contribution in [0.3, 0.4) is 0 Å². The van der Waals surface area contributed by atoms with Crippen molar-refractivity contribution in [3.8, 4) is 5.69 Å². The van der Waals surface area contributed by atoms with Gasteiger partial charge in [-0.3, -0.25) is 4.57 Å². The lowest BCUT2D eigenvalue weighted by Gasteiger charge is -2.11. The summed E-state index contributed by atoms with van der Waals surface area (Å²) in [5, 5.41) is 0. The van der Waals surface area contributed by atoms with Crippen LogP contribution in [0.15, 0.2) is 46.9 Å². The number of aromatic nitrogens is 2. The molecular weight excluding hydrogens is 300 g/mol. The maximum atomic E-state index is 4.31. The molecule has 3 rings (SSSR count). The van der Waals surface area contributed by atoms with Crippen LogP contribution in [0.4, 0.5) is 0 Å². The van der Waals surface area contributed by atoms with Crippen molar-refractivity contribution in [2.45, 2.75) is 19.8 Å². The highest BCUT2D eigenvalue weighted by molar-refractivity contribution is 9.10. The molecule has 0 aliphatic heterocycles. The van der Waals surface area contributed by atoms with Crippen molar-refractivity contribution < 1.29 is 0 Å². The Morgan fingerprint density at radius 2 is 1.95 bits per heavy atom. The van der Waals surface area contributed by atoms with Gasteiger partial charge in [-0.1, -0.05) is 32.0 Å². The van der Waals surface area contributed by atoms with E-state index in [2.05, 4.69) is 65.4 Å². The largest absolute Gasteiger partial charge is 0.289 e. The van der Waals surface area contributed by atoms with Gasteiger partial charge in [0, 0.05) is 4.47 Å². The van der Waals surface area contributed by atoms with Gasteiger partial charge in [-0.15, -0.1) is 0 Å². The molecule has 1 heterocycles. The highest BCUT2D eigenvalue weighted by Gasteiger charge is 2.09. The third kappa shape index (κ3) is 2.19. The Bertz CT molecular complexity index is 728. The highest BCUT2D eigenvalue weighted by atomic mass is 79.9. The maximum Gasteiger partial charge on any atom is 0.182 e. The second-order valence-electron chi connectivity index (χ2n) is 4.90. The van der Waals surface area contributed by atoms with E-state index in [0.29, 0.717) is 5.92 Å². The van der Waals surface area contributed by atoms with Crippen molar-refractivity contribution >= 4 is 27.0 Å². The molecule has 0 aliphatic carbocycles. The van der Waals surface area contributed by atoms with E-state index >= 15 is 0 Å². The van der Waals surface area contributed by atoms with Crippen LogP contribution in [0.1, 0.15) is 25.3 Å². The van der Waals surface area contributed by atoms with Gasteiger partial charge in [0.15, 0.2) is 6.33 Å². The Hall–Kier alpha value is -1.61. The molecular formula is C16H14BrN2. The number of nitrogens with zero attached hydrogens (tertiary/aromatic N) is 2. The predicted octanol–water partition coefficient (Wildman–Crippen LogP) is 4.71. The van der Waals surface area contributed by atoms with Gasteiger partial charge in [0.2, 0.25) is 0 Å². The molecule has 95 valence electrons. The maximum absolute atomic E-state index is 4.31. The van der Waals surface area contributed by atoms with E-state index in [9.17, 15) is 0 Å². The number of fused-ring (bicyclic) bond motifs is 1. The second kappa shape index (κ2) is 4.82. The predicted molar refractivity (Wildman–Crippen MR) is 81.7 cm³/mol. The van der Waals surface area contributed by atoms with Gasteiger partial charge >= 0.3 is 0 Å². The number of para-hydroxylation sites is 2. The first-order chi connectivity index (χ1) is 9.16. The number of imidazole rings is 1. The van der Waals surface area contributed by atoms with Crippen molar-refractivity contribution in [1.82, 2.24) is 9.55 Å². The molecule has 0 N–H and O–H groups in total. The molecule has 1 aromatic heterocycles. The summed E-state index contributed by atoms with van der Waals surface area (Å²) in [5.74, 6) is 0.522. The summed E-state index contributed by atoms with van der Waals surface area (Å²) in [6.07, 6.45) is 3.06. The van der Waals surface area contributed by atoms with Crippen molar-refractivity contribution in [3.63, 3.8) is 0 Å². The molecule has 3 aromatic rings. The van der Waals surface area contributed by atoms with Gasteiger partial charge in [0.25, 0.3) is 0 Å². The van der Waals surface area contributed by atoms with Crippen LogP contribution in [-0.4, -0.2) is 9.55 Å². The van der Waals surface area contributed by atoms with E-state index < -0.39 is 0 Å². The van der Waals surface area contributed by atoms with Crippen LogP contribution in [0.25, 0.3) is 16.7 Å². The third-order valence-electron chi connectivity index (χ3n) is 3.27. The van der Waals surface area contributed by atoms with Crippen LogP contribution in [0.5, 0.6) is 0 Å². The van der Waals surface area contributed by atoms with Crippen molar-refractivity contribution in [2.24, 2.45) is 0 Å². The summed E-state index contributed by atoms with van der Waals surface area (Å²) < 4.78 is 3.06. The summed E-state index contributed by atoms with van der Waals surface area (Å²) in [7, 11) is 0. The number of hydrogen-bond donors (Lipinski definition) is 0. The lowest BCUT2D eigenvalue weighted by Crippen LogP contribution is -1.96. The molecule has 3 heteroatoms. The van der Waals surface area contributed by atoms with Crippen LogP contribution in [0, 0.1) is 6.33 Å². The number of benzene rings is 2. The summed E-state index contributed by atoms with van der Waals surface area (Å²) in [6, 6.07) is 14.5. The molecule has 0 bridgehead atoms. The van der Waals surface area contributed by atoms with Gasteiger partial charge < -0.3 is 0 Å². The van der Waals surface area contributed by atoms with E-state index in [-0.39, 0.29) is 0 Å². The van der Waals surface area contributed by atoms with E-state index in [1.165, 1.54) is 5.56 Å². The van der Waals surface area contributed by atoms with Gasteiger partial charge in [0.1, 0.15) is 0 Å². The average molecular weight is 314 g/mol. The molecule has 0 saturated carbocycles. The normalized spacial score (nSPS) is 11.4. The molecule has 0 unspecified atom stereocenters. The molecule has 2 aromatic carbocycles. The Morgan fingerprint density at radius 3 is 2.68 bits per heavy atom. The van der Waals surface area contributed by atoms with Crippen molar-refractivity contribution in [1.29, 1.82) is 0 Å². The zero-order chi connectivity index (χ0) is 13.4. The fraction of sp³-hybridized carbons (Fsp3) is 0.188. The molecule has 0 aliphatic rings. The molecule has 0 amide bonds. The smallest absolute Gasteiger partial charge is 0.182 e. The number of rotatable bonds is 2. The third-order valence-corrected chi connectivity index (χ3v) is 3.91. The number of hydrogen-bond acceptors (Lipinski definition) is 1. The van der Waals surface area contributed by atoms with Crippen LogP contribution < -0.4 is 0 Å². The van der Waals surface area contributed by atoms with Gasteiger partial charge in [-0.25, -0.2) is 4.98 Å². The molecule has 19 heavy (non-hydrogen) atoms. The summed E-state index contributed by atoms with van der Waals surface area (Å²) >= 11 is 3.65. The average Bonchev–Trinajstić information content (AvgIpc) is 2.82. The Kier molecular flexibility index (Phi) is 3.15. The van der Waals surface area contributed by atoms with Gasteiger partial charge in [-0.05, 0) is 51.7 Å². The standard InChI is InChI=1S/C16H14BrN2/c1-11(2)12-7-8-15(13(17)9-12)19-10-18-14-5-3-4-6-16(14)19/h3-9,11H,1-2H3. The van der Waals surface area contributed by atoms with E-state index in [1.807, 2.05) is 22.8 Å². The Labute approximate surface area is 121 Å². The quantitative estimate of drug-likeness (QED) is 0.670. The van der Waals surface area contributed by atoms with Crippen LogP contribution >= 0.6 is 15.9 Å². The SMILES string of the molecule is CC(C)c1ccc(-n2[c]nc3ccccc32)c(Br)c1. The van der Waals surface area contributed by atoms with E-state index in [1.54, 1.807) is 0 Å². The van der Waals surface area contributed by atoms with Crippen LogP contribution in [-0.2, 0) is 0 Å². The molecule has 0 atom stereocenters. The first-order valence-electron chi connectivity index (χ1n) is 6.32.